The van der Waals surface area contributed by atoms with Crippen LogP contribution in [0.25, 0.3) is 0 Å². The van der Waals surface area contributed by atoms with E-state index in [2.05, 4.69) is 10.6 Å². The second-order valence-corrected chi connectivity index (χ2v) is 16.6. The van der Waals surface area contributed by atoms with Crippen LogP contribution in [0.15, 0.2) is 12.2 Å². The Morgan fingerprint density at radius 1 is 0.494 bits per heavy atom. The lowest BCUT2D eigenvalue weighted by Crippen LogP contribution is -2.51. The summed E-state index contributed by atoms with van der Waals surface area (Å²) in [6.45, 7) is 5.39. The molecular formula is C40H55F12N7O20. The summed E-state index contributed by atoms with van der Waals surface area (Å²) < 4.78 is 132. The van der Waals surface area contributed by atoms with Crippen molar-refractivity contribution in [1.29, 1.82) is 0 Å². The van der Waals surface area contributed by atoms with Gasteiger partial charge in [0.25, 0.3) is 11.8 Å². The van der Waals surface area contributed by atoms with Crippen molar-refractivity contribution in [1.82, 2.24) is 35.1 Å². The number of hydrogen-bond donors (Lipinski definition) is 9. The fourth-order valence-corrected chi connectivity index (χ4v) is 5.36. The molecule has 4 amide bonds. The molecule has 2 heterocycles. The van der Waals surface area contributed by atoms with Crippen molar-refractivity contribution < 1.29 is 151 Å². The first kappa shape index (κ1) is 75.8. The number of imide groups is 1. The van der Waals surface area contributed by atoms with E-state index in [4.69, 9.17) is 44.3 Å². The molecule has 9 N–H and O–H groups in total. The van der Waals surface area contributed by atoms with Crippen molar-refractivity contribution in [2.75, 3.05) is 91.6 Å². The van der Waals surface area contributed by atoms with Gasteiger partial charge in [-0.15, -0.1) is 0 Å². The van der Waals surface area contributed by atoms with Crippen LogP contribution in [0.4, 0.5) is 52.7 Å². The van der Waals surface area contributed by atoms with Gasteiger partial charge < -0.3 is 51.1 Å². The van der Waals surface area contributed by atoms with Gasteiger partial charge in [-0.3, -0.25) is 58.1 Å². The summed E-state index contributed by atoms with van der Waals surface area (Å²) in [7, 11) is 0. The molecule has 79 heavy (non-hydrogen) atoms. The van der Waals surface area contributed by atoms with Gasteiger partial charge in [-0.2, -0.15) is 52.7 Å². The Balaban J connectivity index is -0.00000166. The molecule has 39 heteroatoms. The van der Waals surface area contributed by atoms with Gasteiger partial charge >= 0.3 is 72.5 Å². The van der Waals surface area contributed by atoms with E-state index in [1.54, 1.807) is 40.4 Å². The lowest BCUT2D eigenvalue weighted by Gasteiger charge is -2.32. The normalized spacial score (nSPS) is 15.7. The SMILES string of the molecule is CC(C)(C)OC(=O)[C@H](CCCCN1C(=O)C=CC1=O)NC(=O)CNC(=O)CN1CCN(CC(=O)O)CCN(CC(=O)O)CCN(CC(=O)O)CC1.O=C(O)C(F)(F)F.O=C(O)C(F)(F)F.O=C(O)C(F)(F)F.O=C(O)C(F)(F)F. The van der Waals surface area contributed by atoms with Crippen LogP contribution in [0.5, 0.6) is 0 Å². The maximum Gasteiger partial charge on any atom is 0.490 e. The Morgan fingerprint density at radius 2 is 0.772 bits per heavy atom. The van der Waals surface area contributed by atoms with E-state index < -0.39 is 114 Å². The lowest BCUT2D eigenvalue weighted by molar-refractivity contribution is -0.193. The summed E-state index contributed by atoms with van der Waals surface area (Å²) in [5.41, 5.74) is -0.839. The van der Waals surface area contributed by atoms with E-state index in [1.165, 1.54) is 12.2 Å². The highest BCUT2D eigenvalue weighted by Crippen LogP contribution is 2.16. The molecule has 0 spiro atoms. The van der Waals surface area contributed by atoms with Crippen LogP contribution >= 0.6 is 0 Å². The number of alkyl halides is 12. The molecule has 0 bridgehead atoms. The number of hydrogen-bond acceptors (Lipinski definition) is 17. The third kappa shape index (κ3) is 40.5. The number of carboxylic acid groups (broad SMARTS) is 7. The van der Waals surface area contributed by atoms with Crippen LogP contribution in [-0.4, -0.2) is 260 Å². The van der Waals surface area contributed by atoms with Crippen LogP contribution in [0.1, 0.15) is 40.0 Å². The molecule has 1 saturated heterocycles. The van der Waals surface area contributed by atoms with Crippen LogP contribution in [0.2, 0.25) is 0 Å². The van der Waals surface area contributed by atoms with Crippen molar-refractivity contribution in [2.45, 2.75) is 76.4 Å². The molecule has 2 aliphatic rings. The van der Waals surface area contributed by atoms with E-state index in [0.29, 0.717) is 12.8 Å². The smallest absolute Gasteiger partial charge is 0.480 e. The highest BCUT2D eigenvalue weighted by Gasteiger charge is 2.40. The Kier molecular flexibility index (Phi) is 33.7. The summed E-state index contributed by atoms with van der Waals surface area (Å²) in [4.78, 5) is 140. The van der Waals surface area contributed by atoms with Crippen molar-refractivity contribution in [3.05, 3.63) is 12.2 Å². The van der Waals surface area contributed by atoms with Crippen LogP contribution < -0.4 is 10.6 Å². The van der Waals surface area contributed by atoms with Gasteiger partial charge in [0, 0.05) is 71.1 Å². The summed E-state index contributed by atoms with van der Waals surface area (Å²) in [6, 6.07) is -1.06. The molecule has 0 unspecified atom stereocenters. The average Bonchev–Trinajstić information content (AvgIpc) is 3.58. The van der Waals surface area contributed by atoms with Gasteiger partial charge in [0.2, 0.25) is 11.8 Å². The van der Waals surface area contributed by atoms with Crippen molar-refractivity contribution >= 4 is 71.4 Å². The van der Waals surface area contributed by atoms with E-state index in [1.807, 2.05) is 0 Å². The third-order valence-corrected chi connectivity index (χ3v) is 8.84. The molecule has 0 radical (unpaired) electrons. The van der Waals surface area contributed by atoms with Gasteiger partial charge in [0.1, 0.15) is 11.6 Å². The van der Waals surface area contributed by atoms with Crippen molar-refractivity contribution in [3.63, 3.8) is 0 Å². The minimum Gasteiger partial charge on any atom is -0.480 e. The molecule has 0 saturated carbocycles. The van der Waals surface area contributed by atoms with Gasteiger partial charge in [-0.05, 0) is 40.0 Å². The number of rotatable bonds is 17. The number of carboxylic acids is 7. The topological polar surface area (TPSA) is 396 Å². The number of amides is 4. The molecule has 1 fully saturated rings. The summed E-state index contributed by atoms with van der Waals surface area (Å²) >= 11 is 0. The molecule has 454 valence electrons. The summed E-state index contributed by atoms with van der Waals surface area (Å²) in [5.74, 6) is -17.0. The minimum absolute atomic E-state index is 0.150. The first-order chi connectivity index (χ1) is 35.7. The average molecular weight is 1180 g/mol. The number of aliphatic carboxylic acids is 7. The zero-order valence-corrected chi connectivity index (χ0v) is 41.5. The number of nitrogens with zero attached hydrogens (tertiary/aromatic N) is 5. The molecular weight excluding hydrogens is 1130 g/mol. The molecule has 0 aromatic carbocycles. The Bertz CT molecular complexity index is 1970. The lowest BCUT2D eigenvalue weighted by atomic mass is 10.1. The maximum atomic E-state index is 13.0. The Hall–Kier alpha value is -7.42. The standard InChI is InChI=1S/C32H51N7O12.4C2HF3O2/c1-32(2,3)51-31(50)23(6-4-5-9-39-26(42)7-8-27(39)43)34-24(40)18-33-25(41)19-35-10-12-36(20-28(44)45)14-16-38(22-30(48)49)17-15-37(13-11-35)21-29(46)47;4*3-2(4,5)1(6)7/h7-8,23H,4-6,9-22H2,1-3H3,(H,33,41)(H,34,40)(H,44,45)(H,46,47)(H,48,49);4*(H,6,7)/t23-;;;;/m0..../s1. The number of carbonyl (C=O) groups is 12. The monoisotopic (exact) mass is 1180 g/mol. The van der Waals surface area contributed by atoms with Gasteiger partial charge in [0.05, 0.1) is 32.7 Å². The quantitative estimate of drug-likeness (QED) is 0.0401. The minimum atomic E-state index is -5.08. The first-order valence-electron chi connectivity index (χ1n) is 21.8. The van der Waals surface area contributed by atoms with E-state index in [0.717, 1.165) is 4.90 Å². The molecule has 0 aromatic heterocycles. The Labute approximate surface area is 437 Å². The molecule has 27 nitrogen and oxygen atoms in total. The zero-order chi connectivity index (χ0) is 62.4. The van der Waals surface area contributed by atoms with E-state index in [9.17, 15) is 106 Å². The maximum absolute atomic E-state index is 13.0. The van der Waals surface area contributed by atoms with E-state index in [-0.39, 0.29) is 91.5 Å². The third-order valence-electron chi connectivity index (χ3n) is 8.84. The summed E-state index contributed by atoms with van der Waals surface area (Å²) in [6.07, 6.45) is -17.1. The first-order valence-corrected chi connectivity index (χ1v) is 21.8. The van der Waals surface area contributed by atoms with Crippen molar-refractivity contribution in [2.24, 2.45) is 0 Å². The summed E-state index contributed by atoms with van der Waals surface area (Å²) in [5, 5.41) is 61.7. The number of carbonyl (C=O) groups excluding carboxylic acids is 5. The van der Waals surface area contributed by atoms with E-state index >= 15 is 0 Å². The van der Waals surface area contributed by atoms with Crippen LogP contribution in [0.3, 0.4) is 0 Å². The largest absolute Gasteiger partial charge is 0.490 e. The van der Waals surface area contributed by atoms with Gasteiger partial charge in [-0.1, -0.05) is 0 Å². The fourth-order valence-electron chi connectivity index (χ4n) is 5.36. The zero-order valence-electron chi connectivity index (χ0n) is 41.5. The van der Waals surface area contributed by atoms with Gasteiger partial charge in [0.15, 0.2) is 0 Å². The second kappa shape index (κ2) is 35.2. The highest BCUT2D eigenvalue weighted by molar-refractivity contribution is 6.12. The van der Waals surface area contributed by atoms with Crippen LogP contribution in [-0.2, 0) is 62.3 Å². The number of nitrogens with one attached hydrogen (secondary N) is 2. The Morgan fingerprint density at radius 3 is 1.03 bits per heavy atom. The number of esters is 1. The highest BCUT2D eigenvalue weighted by atomic mass is 19.4. The van der Waals surface area contributed by atoms with Gasteiger partial charge in [-0.25, -0.2) is 24.0 Å². The predicted molar refractivity (Wildman–Crippen MR) is 234 cm³/mol. The van der Waals surface area contributed by atoms with Crippen LogP contribution in [0, 0.1) is 0 Å². The molecule has 2 rings (SSSR count). The molecule has 1 atom stereocenters. The molecule has 0 aliphatic carbocycles. The number of halogens is 12. The molecule has 2 aliphatic heterocycles. The fraction of sp³-hybridized carbons (Fsp3) is 0.650. The second-order valence-electron chi connectivity index (χ2n) is 16.6. The van der Waals surface area contributed by atoms with Crippen molar-refractivity contribution in [3.8, 4) is 0 Å². The number of unbranched alkanes of at least 4 members (excludes halogenated alkanes) is 1. The number of ether oxygens (including phenoxy) is 1. The predicted octanol–water partition coefficient (Wildman–Crippen LogP) is 0.0330. The molecule has 0 aromatic rings.